The Morgan fingerprint density at radius 2 is 1.62 bits per heavy atom. The number of carbonyl (C=O) groups is 1. The zero-order chi connectivity index (χ0) is 23.1. The summed E-state index contributed by atoms with van der Waals surface area (Å²) in [6, 6.07) is 21.8. The normalized spacial score (nSPS) is 11.1. The molecule has 7 heteroatoms. The van der Waals surface area contributed by atoms with Gasteiger partial charge in [0, 0.05) is 5.56 Å². The van der Waals surface area contributed by atoms with Gasteiger partial charge in [-0.3, -0.25) is 9.10 Å². The number of nitrogens with zero attached hydrogens (tertiary/aromatic N) is 1. The van der Waals surface area contributed by atoms with E-state index in [9.17, 15) is 13.2 Å². The van der Waals surface area contributed by atoms with E-state index in [0.717, 1.165) is 16.9 Å². The average molecular weight is 453 g/mol. The minimum Gasteiger partial charge on any atom is -0.492 e. The van der Waals surface area contributed by atoms with Crippen LogP contribution in [-0.4, -0.2) is 33.7 Å². The molecule has 3 aromatic rings. The lowest BCUT2D eigenvalue weighted by Gasteiger charge is -2.22. The van der Waals surface area contributed by atoms with Crippen molar-refractivity contribution in [1.82, 2.24) is 5.32 Å². The Morgan fingerprint density at radius 1 is 0.938 bits per heavy atom. The molecule has 1 amide bonds. The average Bonchev–Trinajstić information content (AvgIpc) is 2.77. The molecule has 0 aliphatic rings. The summed E-state index contributed by atoms with van der Waals surface area (Å²) in [4.78, 5) is 12.4. The Labute approximate surface area is 189 Å². The number of anilines is 1. The largest absolute Gasteiger partial charge is 0.492 e. The zero-order valence-electron chi connectivity index (χ0n) is 18.5. The van der Waals surface area contributed by atoms with E-state index < -0.39 is 10.0 Å². The molecule has 6 nitrogen and oxygen atoms in total. The van der Waals surface area contributed by atoms with Crippen LogP contribution in [0.3, 0.4) is 0 Å². The van der Waals surface area contributed by atoms with Gasteiger partial charge in [0.25, 0.3) is 5.91 Å². The minimum absolute atomic E-state index is 0.223. The molecule has 1 N–H and O–H groups in total. The molecule has 168 valence electrons. The van der Waals surface area contributed by atoms with E-state index in [1.165, 1.54) is 16.1 Å². The van der Waals surface area contributed by atoms with Crippen molar-refractivity contribution in [3.05, 3.63) is 95.1 Å². The molecule has 32 heavy (non-hydrogen) atoms. The first-order chi connectivity index (χ1) is 15.2. The Bertz CT molecular complexity index is 1160. The van der Waals surface area contributed by atoms with Crippen molar-refractivity contribution < 1.29 is 17.9 Å². The predicted molar refractivity (Wildman–Crippen MR) is 128 cm³/mol. The number of aryl methyl sites for hydroxylation is 2. The van der Waals surface area contributed by atoms with Crippen molar-refractivity contribution >= 4 is 21.6 Å². The van der Waals surface area contributed by atoms with E-state index in [2.05, 4.69) is 5.32 Å². The van der Waals surface area contributed by atoms with Gasteiger partial charge in [0.1, 0.15) is 12.4 Å². The van der Waals surface area contributed by atoms with E-state index in [-0.39, 0.29) is 12.5 Å². The molecular weight excluding hydrogens is 424 g/mol. The third kappa shape index (κ3) is 6.34. The number of hydrogen-bond acceptors (Lipinski definition) is 4. The van der Waals surface area contributed by atoms with Crippen molar-refractivity contribution in [3.63, 3.8) is 0 Å². The van der Waals surface area contributed by atoms with Gasteiger partial charge in [-0.25, -0.2) is 8.42 Å². The lowest BCUT2D eigenvalue weighted by atomic mass is 10.1. The van der Waals surface area contributed by atoms with E-state index in [4.69, 9.17) is 4.74 Å². The van der Waals surface area contributed by atoms with Crippen LogP contribution in [0.4, 0.5) is 5.69 Å². The summed E-state index contributed by atoms with van der Waals surface area (Å²) in [7, 11) is -3.48. The molecule has 0 atom stereocenters. The van der Waals surface area contributed by atoms with Gasteiger partial charge in [-0.1, -0.05) is 36.4 Å². The molecule has 3 rings (SSSR count). The number of sulfonamides is 1. The van der Waals surface area contributed by atoms with E-state index in [1.807, 2.05) is 62.4 Å². The van der Waals surface area contributed by atoms with Crippen molar-refractivity contribution in [2.75, 3.05) is 23.7 Å². The first-order valence-corrected chi connectivity index (χ1v) is 12.2. The van der Waals surface area contributed by atoms with E-state index >= 15 is 0 Å². The molecule has 0 bridgehead atoms. The van der Waals surface area contributed by atoms with Crippen LogP contribution in [0.2, 0.25) is 0 Å². The highest BCUT2D eigenvalue weighted by Gasteiger charge is 2.18. The summed E-state index contributed by atoms with van der Waals surface area (Å²) in [6.07, 6.45) is 1.17. The highest BCUT2D eigenvalue weighted by molar-refractivity contribution is 7.92. The maximum absolute atomic E-state index is 12.4. The monoisotopic (exact) mass is 452 g/mol. The van der Waals surface area contributed by atoms with Crippen molar-refractivity contribution in [3.8, 4) is 5.75 Å². The van der Waals surface area contributed by atoms with Gasteiger partial charge in [-0.15, -0.1) is 0 Å². The summed E-state index contributed by atoms with van der Waals surface area (Å²) in [5.74, 6) is 0.528. The summed E-state index contributed by atoms with van der Waals surface area (Å²) in [5, 5.41) is 2.82. The number of benzene rings is 3. The Morgan fingerprint density at radius 3 is 2.25 bits per heavy atom. The fourth-order valence-corrected chi connectivity index (χ4v) is 4.06. The van der Waals surface area contributed by atoms with Crippen LogP contribution in [0, 0.1) is 13.8 Å². The number of rotatable bonds is 9. The third-order valence-corrected chi connectivity index (χ3v) is 6.26. The topological polar surface area (TPSA) is 75.7 Å². The minimum atomic E-state index is -3.48. The summed E-state index contributed by atoms with van der Waals surface area (Å²) >= 11 is 0. The van der Waals surface area contributed by atoms with Crippen LogP contribution in [0.25, 0.3) is 0 Å². The van der Waals surface area contributed by atoms with Crippen LogP contribution in [-0.2, 0) is 16.6 Å². The summed E-state index contributed by atoms with van der Waals surface area (Å²) in [6.45, 7) is 5.00. The molecule has 3 aromatic carbocycles. The Balaban J connectivity index is 1.58. The number of nitrogens with one attached hydrogen (secondary N) is 1. The molecule has 0 saturated carbocycles. The van der Waals surface area contributed by atoms with Crippen LogP contribution >= 0.6 is 0 Å². The SMILES string of the molecule is Cc1ccc(OCCNC(=O)c2ccc(N(Cc3ccccc3)S(C)(=O)=O)cc2)cc1C. The fourth-order valence-electron chi connectivity index (χ4n) is 3.17. The maximum atomic E-state index is 12.4. The predicted octanol–water partition coefficient (Wildman–Crippen LogP) is 4.08. The first-order valence-electron chi connectivity index (χ1n) is 10.3. The van der Waals surface area contributed by atoms with Gasteiger partial charge >= 0.3 is 0 Å². The quantitative estimate of drug-likeness (QED) is 0.497. The van der Waals surface area contributed by atoms with Crippen molar-refractivity contribution in [1.29, 1.82) is 0 Å². The summed E-state index contributed by atoms with van der Waals surface area (Å²) < 4.78 is 31.6. The first kappa shape index (κ1) is 23.3. The zero-order valence-corrected chi connectivity index (χ0v) is 19.4. The van der Waals surface area contributed by atoms with E-state index in [0.29, 0.717) is 24.4 Å². The van der Waals surface area contributed by atoms with Gasteiger partial charge in [-0.05, 0) is 66.9 Å². The number of hydrogen-bond donors (Lipinski definition) is 1. The highest BCUT2D eigenvalue weighted by Crippen LogP contribution is 2.21. The number of ether oxygens (including phenoxy) is 1. The van der Waals surface area contributed by atoms with Crippen molar-refractivity contribution in [2.24, 2.45) is 0 Å². The van der Waals surface area contributed by atoms with Gasteiger partial charge in [0.05, 0.1) is 25.0 Å². The van der Waals surface area contributed by atoms with Gasteiger partial charge < -0.3 is 10.1 Å². The second kappa shape index (κ2) is 10.3. The smallest absolute Gasteiger partial charge is 0.251 e. The second-order valence-electron chi connectivity index (χ2n) is 7.65. The molecule has 0 fully saturated rings. The van der Waals surface area contributed by atoms with Crippen LogP contribution in [0.15, 0.2) is 72.8 Å². The molecule has 0 radical (unpaired) electrons. The molecule has 0 aliphatic carbocycles. The van der Waals surface area contributed by atoms with Gasteiger partial charge in [-0.2, -0.15) is 0 Å². The lowest BCUT2D eigenvalue weighted by molar-refractivity contribution is 0.0947. The third-order valence-electron chi connectivity index (χ3n) is 5.12. The summed E-state index contributed by atoms with van der Waals surface area (Å²) in [5.41, 5.74) is 4.19. The van der Waals surface area contributed by atoms with Crippen LogP contribution < -0.4 is 14.4 Å². The molecule has 0 aliphatic heterocycles. The van der Waals surface area contributed by atoms with Crippen LogP contribution in [0.1, 0.15) is 27.0 Å². The molecule has 0 spiro atoms. The van der Waals surface area contributed by atoms with Crippen LogP contribution in [0.5, 0.6) is 5.75 Å². The molecule has 0 heterocycles. The molecule has 0 unspecified atom stereocenters. The van der Waals surface area contributed by atoms with E-state index in [1.54, 1.807) is 24.3 Å². The molecule has 0 saturated heterocycles. The Kier molecular flexibility index (Phi) is 7.53. The van der Waals surface area contributed by atoms with Crippen molar-refractivity contribution in [2.45, 2.75) is 20.4 Å². The number of amides is 1. The number of carbonyl (C=O) groups excluding carboxylic acids is 1. The van der Waals surface area contributed by atoms with Gasteiger partial charge in [0.2, 0.25) is 10.0 Å². The standard InChI is InChI=1S/C25H28N2O4S/c1-19-9-14-24(17-20(19)2)31-16-15-26-25(28)22-10-12-23(13-11-22)27(32(3,29)30)18-21-7-5-4-6-8-21/h4-14,17H,15-16,18H2,1-3H3,(H,26,28). The highest BCUT2D eigenvalue weighted by atomic mass is 32.2. The molecule has 0 aromatic heterocycles. The second-order valence-corrected chi connectivity index (χ2v) is 9.56. The Hall–Kier alpha value is -3.32. The molecular formula is C25H28N2O4S. The maximum Gasteiger partial charge on any atom is 0.251 e. The van der Waals surface area contributed by atoms with Gasteiger partial charge in [0.15, 0.2) is 0 Å². The lowest BCUT2D eigenvalue weighted by Crippen LogP contribution is -2.30. The fraction of sp³-hybridized carbons (Fsp3) is 0.240.